The van der Waals surface area contributed by atoms with E-state index in [-0.39, 0.29) is 5.41 Å². The molecular weight excluding hydrogens is 368 g/mol. The molecule has 1 aromatic carbocycles. The van der Waals surface area contributed by atoms with Crippen molar-refractivity contribution in [2.24, 2.45) is 0 Å². The van der Waals surface area contributed by atoms with Crippen LogP contribution in [0.25, 0.3) is 22.5 Å². The van der Waals surface area contributed by atoms with Gasteiger partial charge in [-0.15, -0.1) is 10.2 Å². The molecule has 0 atom stereocenters. The number of hydrogen-bond donors (Lipinski definition) is 0. The van der Waals surface area contributed by atoms with Crippen LogP contribution in [0.1, 0.15) is 26.5 Å². The summed E-state index contributed by atoms with van der Waals surface area (Å²) < 4.78 is 34.0. The van der Waals surface area contributed by atoms with E-state index in [1.54, 1.807) is 0 Å². The van der Waals surface area contributed by atoms with Crippen molar-refractivity contribution in [3.05, 3.63) is 72.6 Å². The zero-order valence-electron chi connectivity index (χ0n) is 15.3. The minimum atomic E-state index is -4.94. The number of aromatic amines is 1. The largest absolute Gasteiger partial charge is 0.246 e. The minimum absolute atomic E-state index is 0.00825. The summed E-state index contributed by atoms with van der Waals surface area (Å²) in [6.07, 6.45) is 1.93. The van der Waals surface area contributed by atoms with Gasteiger partial charge in [0.15, 0.2) is 6.20 Å². The van der Waals surface area contributed by atoms with E-state index >= 15 is 0 Å². The summed E-state index contributed by atoms with van der Waals surface area (Å²) in [4.78, 5) is 8.15. The van der Waals surface area contributed by atoms with Crippen LogP contribution in [-0.2, 0) is 5.41 Å². The van der Waals surface area contributed by atoms with Crippen LogP contribution < -0.4 is 23.6 Å². The van der Waals surface area contributed by atoms with E-state index in [9.17, 15) is 0 Å². The molecule has 1 N–H and O–H groups in total. The van der Waals surface area contributed by atoms with Gasteiger partial charge in [-0.05, 0) is 29.3 Å². The van der Waals surface area contributed by atoms with Crippen LogP contribution in [0.4, 0.5) is 0 Å². The Bertz CT molecular complexity index is 797. The van der Waals surface area contributed by atoms with E-state index in [4.69, 9.17) is 23.6 Å². The monoisotopic (exact) mass is 388 g/mol. The van der Waals surface area contributed by atoms with Crippen molar-refractivity contribution in [2.75, 3.05) is 0 Å². The lowest BCUT2D eigenvalue weighted by atomic mass is 9.89. The van der Waals surface area contributed by atoms with Gasteiger partial charge in [0, 0.05) is 23.2 Å². The minimum Gasteiger partial charge on any atom is -0.246 e. The van der Waals surface area contributed by atoms with Crippen LogP contribution in [-0.4, -0.2) is 4.98 Å². The number of hydrogen-bond acceptors (Lipinski definition) is 5. The lowest BCUT2D eigenvalue weighted by Crippen LogP contribution is -2.68. The number of nitrogens with one attached hydrogen (secondary N) is 1. The molecule has 0 aliphatic heterocycles. The Morgan fingerprint density at radius 2 is 1.41 bits per heavy atom. The average molecular weight is 389 g/mol. The molecule has 6 nitrogen and oxygen atoms in total. The van der Waals surface area contributed by atoms with Gasteiger partial charge in [-0.1, -0.05) is 51.1 Å². The summed E-state index contributed by atoms with van der Waals surface area (Å²) in [6.45, 7) is 6.59. The Balaban J connectivity index is 0.000000465. The first-order valence-corrected chi connectivity index (χ1v) is 9.44. The van der Waals surface area contributed by atoms with Gasteiger partial charge in [-0.25, -0.2) is 28.6 Å². The van der Waals surface area contributed by atoms with Crippen LogP contribution in [0, 0.1) is 10.2 Å². The molecule has 0 amide bonds. The molecule has 3 aromatic rings. The molecule has 0 aliphatic rings. The zero-order valence-corrected chi connectivity index (χ0v) is 16.1. The molecule has 2 aromatic heterocycles. The number of halogens is 1. The first-order valence-electron chi connectivity index (χ1n) is 8.21. The van der Waals surface area contributed by atoms with Crippen LogP contribution in [0.2, 0.25) is 0 Å². The molecule has 0 saturated carbocycles. The van der Waals surface area contributed by atoms with Crippen molar-refractivity contribution in [2.45, 2.75) is 26.2 Å². The third-order valence-corrected chi connectivity index (χ3v) is 3.69. The predicted molar refractivity (Wildman–Crippen MR) is 90.4 cm³/mol. The Labute approximate surface area is 160 Å². The number of H-pyrrole nitrogens is 1. The number of pyridine rings is 2. The smallest absolute Gasteiger partial charge is 0.229 e. The van der Waals surface area contributed by atoms with E-state index in [0.717, 1.165) is 17.1 Å². The SMILES string of the molecule is CC(C)(C)c1cc(-c2ccccc2)cc(-c2cccc[nH+]2)n1.[O-][Cl+3]([O-])([O-])[O-]. The highest BCUT2D eigenvalue weighted by atomic mass is 35.7. The highest BCUT2D eigenvalue weighted by molar-refractivity contribution is 5.69. The molecule has 0 radical (unpaired) electrons. The maximum absolute atomic E-state index is 8.49. The molecule has 0 fully saturated rings. The standard InChI is InChI=1S/C20H20N2.ClHO4/c1-20(2,3)19-14-16(15-9-5-4-6-10-15)13-18(22-19)17-11-7-8-12-21-17;2-1(3,4)5/h4-14H,1-3H3;(H,2,3,4,5). The Hall–Kier alpha value is -2.35. The van der Waals surface area contributed by atoms with Gasteiger partial charge in [-0.3, -0.25) is 0 Å². The van der Waals surface area contributed by atoms with E-state index in [0.29, 0.717) is 0 Å². The summed E-state index contributed by atoms with van der Waals surface area (Å²) in [6, 6.07) is 20.9. The third kappa shape index (κ3) is 7.05. The molecule has 142 valence electrons. The fourth-order valence-corrected chi connectivity index (χ4v) is 2.40. The fourth-order valence-electron chi connectivity index (χ4n) is 2.40. The molecule has 3 rings (SSSR count). The maximum atomic E-state index is 8.49. The molecule has 7 heteroatoms. The topological polar surface area (TPSA) is 119 Å². The quantitative estimate of drug-likeness (QED) is 0.600. The van der Waals surface area contributed by atoms with Crippen molar-refractivity contribution in [1.29, 1.82) is 0 Å². The summed E-state index contributed by atoms with van der Waals surface area (Å²) >= 11 is 0. The second-order valence-corrected chi connectivity index (χ2v) is 7.65. The summed E-state index contributed by atoms with van der Waals surface area (Å²) in [5.74, 6) is 0. The first kappa shape index (κ1) is 21.0. The van der Waals surface area contributed by atoms with E-state index in [2.05, 4.69) is 68.2 Å². The molecule has 0 unspecified atom stereocenters. The Morgan fingerprint density at radius 3 is 1.93 bits per heavy atom. The van der Waals surface area contributed by atoms with Crippen molar-refractivity contribution in [3.8, 4) is 22.5 Å². The zero-order chi connectivity index (χ0) is 20.1. The van der Waals surface area contributed by atoms with Crippen LogP contribution in [0.5, 0.6) is 0 Å². The van der Waals surface area contributed by atoms with Crippen molar-refractivity contribution < 1.29 is 33.9 Å². The van der Waals surface area contributed by atoms with Gasteiger partial charge < -0.3 is 0 Å². The lowest BCUT2D eigenvalue weighted by molar-refractivity contribution is -2.00. The van der Waals surface area contributed by atoms with Crippen molar-refractivity contribution in [3.63, 3.8) is 0 Å². The number of rotatable bonds is 2. The fraction of sp³-hybridized carbons (Fsp3) is 0.200. The Morgan fingerprint density at radius 1 is 0.815 bits per heavy atom. The molecule has 27 heavy (non-hydrogen) atoms. The highest BCUT2D eigenvalue weighted by Gasteiger charge is 2.19. The summed E-state index contributed by atoms with van der Waals surface area (Å²) in [5, 5.41) is 0. The van der Waals surface area contributed by atoms with Crippen LogP contribution >= 0.6 is 0 Å². The number of aromatic nitrogens is 2. The summed E-state index contributed by atoms with van der Waals surface area (Å²) in [7, 11) is -4.94. The van der Waals surface area contributed by atoms with Gasteiger partial charge >= 0.3 is 0 Å². The van der Waals surface area contributed by atoms with E-state index in [1.165, 1.54) is 11.1 Å². The highest BCUT2D eigenvalue weighted by Crippen LogP contribution is 2.29. The molecule has 2 heterocycles. The van der Waals surface area contributed by atoms with Gasteiger partial charge in [0.2, 0.25) is 5.69 Å². The first-order chi connectivity index (χ1) is 12.5. The van der Waals surface area contributed by atoms with Gasteiger partial charge in [0.05, 0.1) is 0 Å². The molecule has 0 spiro atoms. The predicted octanol–water partition coefficient (Wildman–Crippen LogP) is -0.229. The molecular formula is C20H21ClN2O4. The van der Waals surface area contributed by atoms with Gasteiger partial charge in [-0.2, -0.15) is 0 Å². The normalized spacial score (nSPS) is 11.5. The second-order valence-electron chi connectivity index (χ2n) is 6.90. The maximum Gasteiger partial charge on any atom is 0.229 e. The van der Waals surface area contributed by atoms with E-state index < -0.39 is 10.2 Å². The summed E-state index contributed by atoms with van der Waals surface area (Å²) in [5.41, 5.74) is 5.54. The van der Waals surface area contributed by atoms with E-state index in [1.807, 2.05) is 24.4 Å². The third-order valence-electron chi connectivity index (χ3n) is 3.69. The molecule has 0 bridgehead atoms. The number of benzene rings is 1. The van der Waals surface area contributed by atoms with Crippen molar-refractivity contribution in [1.82, 2.24) is 4.98 Å². The van der Waals surface area contributed by atoms with Gasteiger partial charge in [0.1, 0.15) is 5.69 Å². The van der Waals surface area contributed by atoms with Crippen LogP contribution in [0.15, 0.2) is 66.9 Å². The second kappa shape index (κ2) is 8.56. The van der Waals surface area contributed by atoms with Crippen LogP contribution in [0.3, 0.4) is 0 Å². The Kier molecular flexibility index (Phi) is 6.64. The van der Waals surface area contributed by atoms with Crippen molar-refractivity contribution >= 4 is 0 Å². The molecule has 0 saturated heterocycles. The molecule has 0 aliphatic carbocycles. The van der Waals surface area contributed by atoms with Gasteiger partial charge in [0.25, 0.3) is 0 Å². The average Bonchev–Trinajstić information content (AvgIpc) is 2.61. The number of nitrogens with zero attached hydrogens (tertiary/aromatic N) is 1. The lowest BCUT2D eigenvalue weighted by Gasteiger charge is -2.19.